The Balaban J connectivity index is 1.18. The molecule has 0 aliphatic carbocycles. The first-order chi connectivity index (χ1) is 24.8. The van der Waals surface area contributed by atoms with Crippen LogP contribution in [0.3, 0.4) is 0 Å². The maximum atomic E-state index is 5.39. The van der Waals surface area contributed by atoms with E-state index in [0.717, 1.165) is 55.9 Å². The third-order valence-corrected chi connectivity index (χ3v) is 10.2. The highest BCUT2D eigenvalue weighted by atomic mass is 15.3. The van der Waals surface area contributed by atoms with Gasteiger partial charge in [0.2, 0.25) is 5.78 Å². The first kappa shape index (κ1) is 27.1. The second kappa shape index (κ2) is 10.3. The van der Waals surface area contributed by atoms with Gasteiger partial charge in [0.15, 0.2) is 5.65 Å². The number of fused-ring (bicyclic) bond motifs is 10. The van der Waals surface area contributed by atoms with E-state index in [2.05, 4.69) is 194 Å². The Hall–Kier alpha value is -6.85. The number of para-hydroxylation sites is 5. The molecule has 5 nitrogen and oxygen atoms in total. The molecule has 0 bridgehead atoms. The summed E-state index contributed by atoms with van der Waals surface area (Å²) in [6.45, 7) is 0. The van der Waals surface area contributed by atoms with Crippen molar-refractivity contribution in [2.75, 3.05) is 0 Å². The normalized spacial score (nSPS) is 12.0. The number of rotatable bonds is 4. The summed E-state index contributed by atoms with van der Waals surface area (Å²) in [7, 11) is 0. The highest BCUT2D eigenvalue weighted by molar-refractivity contribution is 6.12. The van der Waals surface area contributed by atoms with Crippen LogP contribution in [0.4, 0.5) is 0 Å². The average Bonchev–Trinajstić information content (AvgIpc) is 3.90. The molecule has 7 aromatic carbocycles. The fraction of sp³-hybridized carbons (Fsp3) is 0. The van der Waals surface area contributed by atoms with Crippen LogP contribution in [-0.4, -0.2) is 23.1 Å². The van der Waals surface area contributed by atoms with E-state index in [9.17, 15) is 0 Å². The summed E-state index contributed by atoms with van der Waals surface area (Å²) in [5.74, 6) is 0.901. The first-order valence-corrected chi connectivity index (χ1v) is 17.0. The Bertz CT molecular complexity index is 3070. The van der Waals surface area contributed by atoms with Crippen LogP contribution in [0, 0.1) is 0 Å². The van der Waals surface area contributed by atoms with Gasteiger partial charge in [-0.3, -0.25) is 13.5 Å². The predicted molar refractivity (Wildman–Crippen MR) is 206 cm³/mol. The van der Waals surface area contributed by atoms with Crippen molar-refractivity contribution in [3.63, 3.8) is 0 Å². The molecule has 0 radical (unpaired) electrons. The minimum atomic E-state index is 0.901. The molecule has 11 aromatic rings. The predicted octanol–water partition coefficient (Wildman–Crippen LogP) is 11.1. The molecule has 5 heteroatoms. The zero-order valence-corrected chi connectivity index (χ0v) is 27.0. The van der Waals surface area contributed by atoms with Crippen molar-refractivity contribution in [1.82, 2.24) is 23.1 Å². The standard InChI is InChI=1S/C45H29N5/c1-3-13-30(14-4-1)31-23-25-33(26-24-31)47-38-19-9-7-17-35(38)37-29-34(27-28-40(37)47)48-39-20-10-8-18-36(39)43-44(48)50-42-22-12-11-21-41(42)49(45(50)46-43)32-15-5-2-6-16-32/h1-29H. The maximum absolute atomic E-state index is 5.39. The van der Waals surface area contributed by atoms with Gasteiger partial charge < -0.3 is 4.57 Å². The van der Waals surface area contributed by atoms with Crippen molar-refractivity contribution in [2.45, 2.75) is 0 Å². The van der Waals surface area contributed by atoms with Gasteiger partial charge in [0.1, 0.15) is 5.52 Å². The topological polar surface area (TPSA) is 32.1 Å². The van der Waals surface area contributed by atoms with Crippen LogP contribution in [0.2, 0.25) is 0 Å². The minimum absolute atomic E-state index is 0.901. The summed E-state index contributed by atoms with van der Waals surface area (Å²) in [4.78, 5) is 5.39. The van der Waals surface area contributed by atoms with E-state index in [1.165, 1.54) is 32.9 Å². The number of hydrogen-bond acceptors (Lipinski definition) is 1. The van der Waals surface area contributed by atoms with Gasteiger partial charge in [0.25, 0.3) is 0 Å². The molecule has 11 rings (SSSR count). The van der Waals surface area contributed by atoms with Crippen LogP contribution >= 0.6 is 0 Å². The smallest absolute Gasteiger partial charge is 0.221 e. The monoisotopic (exact) mass is 639 g/mol. The lowest BCUT2D eigenvalue weighted by atomic mass is 10.1. The summed E-state index contributed by atoms with van der Waals surface area (Å²) < 4.78 is 9.39. The van der Waals surface area contributed by atoms with E-state index in [-0.39, 0.29) is 0 Å². The molecule has 0 aliphatic rings. The van der Waals surface area contributed by atoms with E-state index in [4.69, 9.17) is 4.98 Å². The molecule has 0 spiro atoms. The second-order valence-corrected chi connectivity index (χ2v) is 12.9. The van der Waals surface area contributed by atoms with Gasteiger partial charge in [-0.1, -0.05) is 109 Å². The van der Waals surface area contributed by atoms with E-state index in [1.54, 1.807) is 0 Å². The number of aromatic nitrogens is 5. The highest BCUT2D eigenvalue weighted by Crippen LogP contribution is 2.39. The Labute approximate surface area is 287 Å². The summed E-state index contributed by atoms with van der Waals surface area (Å²) in [5.41, 5.74) is 13.6. The van der Waals surface area contributed by atoms with Gasteiger partial charge in [0.05, 0.1) is 27.6 Å². The summed E-state index contributed by atoms with van der Waals surface area (Å²) in [5, 5.41) is 3.57. The van der Waals surface area contributed by atoms with Crippen LogP contribution in [0.15, 0.2) is 176 Å². The lowest BCUT2D eigenvalue weighted by Gasteiger charge is -2.11. The van der Waals surface area contributed by atoms with E-state index in [1.807, 2.05) is 0 Å². The van der Waals surface area contributed by atoms with Crippen LogP contribution in [0.1, 0.15) is 0 Å². The third-order valence-electron chi connectivity index (χ3n) is 10.2. The SMILES string of the molecule is c1ccc(-c2ccc(-n3c4ccccc4c4cc(-n5c6ccccc6c6nc7n(-c8ccccc8)c8ccccc8n7c65)ccc43)cc2)cc1. The van der Waals surface area contributed by atoms with Gasteiger partial charge in [-0.2, -0.15) is 0 Å². The van der Waals surface area contributed by atoms with E-state index >= 15 is 0 Å². The van der Waals surface area contributed by atoms with Gasteiger partial charge >= 0.3 is 0 Å². The Morgan fingerprint density at radius 2 is 0.880 bits per heavy atom. The summed E-state index contributed by atoms with van der Waals surface area (Å²) in [6, 6.07) is 62.9. The molecule has 4 aromatic heterocycles. The molecule has 0 amide bonds. The van der Waals surface area contributed by atoms with Crippen molar-refractivity contribution in [2.24, 2.45) is 0 Å². The molecule has 0 saturated heterocycles. The molecular formula is C45H29N5. The van der Waals surface area contributed by atoms with Crippen molar-refractivity contribution in [1.29, 1.82) is 0 Å². The molecule has 234 valence electrons. The molecule has 0 unspecified atom stereocenters. The molecule has 0 saturated carbocycles. The van der Waals surface area contributed by atoms with Gasteiger partial charge in [0, 0.05) is 33.2 Å². The van der Waals surface area contributed by atoms with Crippen molar-refractivity contribution in [3.05, 3.63) is 176 Å². The average molecular weight is 640 g/mol. The highest BCUT2D eigenvalue weighted by Gasteiger charge is 2.24. The molecular weight excluding hydrogens is 611 g/mol. The largest absolute Gasteiger partial charge is 0.309 e. The quantitative estimate of drug-likeness (QED) is 0.189. The van der Waals surface area contributed by atoms with E-state index < -0.39 is 0 Å². The molecule has 0 aliphatic heterocycles. The maximum Gasteiger partial charge on any atom is 0.221 e. The minimum Gasteiger partial charge on any atom is -0.309 e. The first-order valence-electron chi connectivity index (χ1n) is 17.0. The van der Waals surface area contributed by atoms with Crippen LogP contribution in [0.5, 0.6) is 0 Å². The fourth-order valence-corrected chi connectivity index (χ4v) is 8.00. The van der Waals surface area contributed by atoms with Crippen molar-refractivity contribution < 1.29 is 0 Å². The van der Waals surface area contributed by atoms with E-state index in [0.29, 0.717) is 0 Å². The summed E-state index contributed by atoms with van der Waals surface area (Å²) >= 11 is 0. The van der Waals surface area contributed by atoms with Crippen LogP contribution in [-0.2, 0) is 0 Å². The second-order valence-electron chi connectivity index (χ2n) is 12.9. The van der Waals surface area contributed by atoms with Gasteiger partial charge in [-0.25, -0.2) is 4.98 Å². The Morgan fingerprint density at radius 3 is 1.64 bits per heavy atom. The Kier molecular flexibility index (Phi) is 5.60. The molecule has 50 heavy (non-hydrogen) atoms. The number of benzene rings is 7. The molecule has 0 atom stereocenters. The van der Waals surface area contributed by atoms with Crippen LogP contribution < -0.4 is 0 Å². The number of nitrogens with zero attached hydrogens (tertiary/aromatic N) is 5. The molecule has 0 fully saturated rings. The number of hydrogen-bond donors (Lipinski definition) is 0. The van der Waals surface area contributed by atoms with Crippen molar-refractivity contribution >= 4 is 60.7 Å². The summed E-state index contributed by atoms with van der Waals surface area (Å²) in [6.07, 6.45) is 0. The third kappa shape index (κ3) is 3.74. The lowest BCUT2D eigenvalue weighted by molar-refractivity contribution is 1.08. The molecule has 4 heterocycles. The zero-order valence-electron chi connectivity index (χ0n) is 27.0. The zero-order chi connectivity index (χ0) is 32.8. The lowest BCUT2D eigenvalue weighted by Crippen LogP contribution is -1.98. The van der Waals surface area contributed by atoms with Crippen LogP contribution in [0.25, 0.3) is 88.9 Å². The Morgan fingerprint density at radius 1 is 0.340 bits per heavy atom. The molecule has 0 N–H and O–H groups in total. The van der Waals surface area contributed by atoms with Gasteiger partial charge in [-0.15, -0.1) is 0 Å². The number of imidazole rings is 2. The van der Waals surface area contributed by atoms with Gasteiger partial charge in [-0.05, 0) is 77.9 Å². The fourth-order valence-electron chi connectivity index (χ4n) is 8.00. The van der Waals surface area contributed by atoms with Crippen molar-refractivity contribution in [3.8, 4) is 28.2 Å².